The van der Waals surface area contributed by atoms with E-state index in [-0.39, 0.29) is 0 Å². The van der Waals surface area contributed by atoms with Gasteiger partial charge in [-0.2, -0.15) is 0 Å². The molecule has 0 aliphatic heterocycles. The van der Waals surface area contributed by atoms with Crippen LogP contribution >= 0.6 is 0 Å². The highest BCUT2D eigenvalue weighted by atomic mass is 15.1. The zero-order valence-electron chi connectivity index (χ0n) is 13.4. The molecule has 0 atom stereocenters. The van der Waals surface area contributed by atoms with Crippen molar-refractivity contribution in [1.29, 1.82) is 0 Å². The fourth-order valence-corrected chi connectivity index (χ4v) is 3.40. The van der Waals surface area contributed by atoms with Crippen LogP contribution in [0.25, 0.3) is 0 Å². The van der Waals surface area contributed by atoms with Crippen LogP contribution in [0.15, 0.2) is 6.07 Å². The molecular formula is C17H28N4. The zero-order chi connectivity index (χ0) is 14.7. The van der Waals surface area contributed by atoms with E-state index < -0.39 is 0 Å². The van der Waals surface area contributed by atoms with Crippen LogP contribution < -0.4 is 10.6 Å². The van der Waals surface area contributed by atoms with E-state index in [1.165, 1.54) is 51.4 Å². The Bertz CT molecular complexity index is 462. The molecule has 4 heteroatoms. The minimum absolute atomic E-state index is 0.588. The van der Waals surface area contributed by atoms with Gasteiger partial charge in [0.1, 0.15) is 17.5 Å². The van der Waals surface area contributed by atoms with Gasteiger partial charge in [0.05, 0.1) is 0 Å². The third-order valence-electron chi connectivity index (χ3n) is 4.84. The Balaban J connectivity index is 1.61. The van der Waals surface area contributed by atoms with Crippen LogP contribution in [0, 0.1) is 5.92 Å². The monoisotopic (exact) mass is 288 g/mol. The van der Waals surface area contributed by atoms with Crippen molar-refractivity contribution in [2.45, 2.75) is 70.3 Å². The summed E-state index contributed by atoms with van der Waals surface area (Å²) in [5.74, 6) is 4.51. The topological polar surface area (TPSA) is 49.8 Å². The van der Waals surface area contributed by atoms with Crippen LogP contribution in [0.2, 0.25) is 0 Å². The second-order valence-corrected chi connectivity index (χ2v) is 6.67. The molecule has 2 saturated carbocycles. The lowest BCUT2D eigenvalue weighted by molar-refractivity contribution is 0.318. The molecule has 4 nitrogen and oxygen atoms in total. The van der Waals surface area contributed by atoms with E-state index in [9.17, 15) is 0 Å². The zero-order valence-corrected chi connectivity index (χ0v) is 13.4. The standard InChI is InChI=1S/C17H28N4/c1-3-4-12-5-9-14(10-6-12)19-16-11-15(18-2)20-17(21-16)13-7-8-13/h11-14H,3-10H2,1-2H3,(H2,18,19,20,21). The molecule has 0 saturated heterocycles. The summed E-state index contributed by atoms with van der Waals surface area (Å²) in [7, 11) is 1.93. The van der Waals surface area contributed by atoms with E-state index in [0.29, 0.717) is 12.0 Å². The van der Waals surface area contributed by atoms with Crippen LogP contribution in [0.1, 0.15) is 70.0 Å². The molecule has 21 heavy (non-hydrogen) atoms. The molecule has 2 N–H and O–H groups in total. The Kier molecular flexibility index (Phi) is 4.61. The molecule has 0 spiro atoms. The van der Waals surface area contributed by atoms with Gasteiger partial charge in [-0.1, -0.05) is 19.8 Å². The quantitative estimate of drug-likeness (QED) is 0.825. The van der Waals surface area contributed by atoms with Crippen molar-refractivity contribution in [1.82, 2.24) is 9.97 Å². The highest BCUT2D eigenvalue weighted by molar-refractivity contribution is 5.48. The number of hydrogen-bond donors (Lipinski definition) is 2. The Morgan fingerprint density at radius 3 is 2.38 bits per heavy atom. The first-order valence-electron chi connectivity index (χ1n) is 8.61. The molecular weight excluding hydrogens is 260 g/mol. The van der Waals surface area contributed by atoms with Gasteiger partial charge in [-0.05, 0) is 44.4 Å². The highest BCUT2D eigenvalue weighted by Crippen LogP contribution is 2.39. The number of nitrogens with one attached hydrogen (secondary N) is 2. The number of rotatable bonds is 6. The SMILES string of the molecule is CCCC1CCC(Nc2cc(NC)nc(C3CC3)n2)CC1. The molecule has 2 aliphatic rings. The van der Waals surface area contributed by atoms with Crippen molar-refractivity contribution in [2.24, 2.45) is 5.92 Å². The fraction of sp³-hybridized carbons (Fsp3) is 0.765. The average molecular weight is 288 g/mol. The molecule has 1 aromatic heterocycles. The summed E-state index contributed by atoms with van der Waals surface area (Å²) >= 11 is 0. The molecule has 0 aromatic carbocycles. The van der Waals surface area contributed by atoms with Crippen molar-refractivity contribution in [3.8, 4) is 0 Å². The van der Waals surface area contributed by atoms with Crippen LogP contribution in [-0.2, 0) is 0 Å². The molecule has 1 aromatic rings. The van der Waals surface area contributed by atoms with Crippen LogP contribution in [-0.4, -0.2) is 23.1 Å². The second kappa shape index (κ2) is 6.63. The Morgan fingerprint density at radius 1 is 1.05 bits per heavy atom. The summed E-state index contributed by atoms with van der Waals surface area (Å²) < 4.78 is 0. The molecule has 1 heterocycles. The molecule has 3 rings (SSSR count). The van der Waals surface area contributed by atoms with Gasteiger partial charge in [-0.3, -0.25) is 0 Å². The van der Waals surface area contributed by atoms with Gasteiger partial charge in [0.25, 0.3) is 0 Å². The minimum Gasteiger partial charge on any atom is -0.373 e. The summed E-state index contributed by atoms with van der Waals surface area (Å²) in [5.41, 5.74) is 0. The van der Waals surface area contributed by atoms with Gasteiger partial charge in [-0.25, -0.2) is 9.97 Å². The number of hydrogen-bond acceptors (Lipinski definition) is 4. The predicted molar refractivity (Wildman–Crippen MR) is 87.8 cm³/mol. The van der Waals surface area contributed by atoms with Crippen LogP contribution in [0.4, 0.5) is 11.6 Å². The first kappa shape index (κ1) is 14.6. The van der Waals surface area contributed by atoms with Gasteiger partial charge < -0.3 is 10.6 Å². The highest BCUT2D eigenvalue weighted by Gasteiger charge is 2.28. The first-order valence-corrected chi connectivity index (χ1v) is 8.61. The van der Waals surface area contributed by atoms with Crippen molar-refractivity contribution in [2.75, 3.05) is 17.7 Å². The maximum absolute atomic E-state index is 4.73. The smallest absolute Gasteiger partial charge is 0.136 e. The van der Waals surface area contributed by atoms with E-state index >= 15 is 0 Å². The van der Waals surface area contributed by atoms with E-state index in [1.54, 1.807) is 0 Å². The average Bonchev–Trinajstić information content (AvgIpc) is 3.34. The summed E-state index contributed by atoms with van der Waals surface area (Å²) in [5, 5.41) is 6.81. The molecule has 0 radical (unpaired) electrons. The Hall–Kier alpha value is -1.32. The maximum Gasteiger partial charge on any atom is 0.136 e. The summed E-state index contributed by atoms with van der Waals surface area (Å²) in [4.78, 5) is 9.31. The van der Waals surface area contributed by atoms with Crippen molar-refractivity contribution < 1.29 is 0 Å². The first-order chi connectivity index (χ1) is 10.3. The Morgan fingerprint density at radius 2 is 1.76 bits per heavy atom. The van der Waals surface area contributed by atoms with E-state index in [1.807, 2.05) is 13.1 Å². The van der Waals surface area contributed by atoms with Crippen LogP contribution in [0.3, 0.4) is 0 Å². The predicted octanol–water partition coefficient (Wildman–Crippen LogP) is 4.17. The summed E-state index contributed by atoms with van der Waals surface area (Å²) in [6, 6.07) is 2.63. The van der Waals surface area contributed by atoms with Gasteiger partial charge in [-0.15, -0.1) is 0 Å². The minimum atomic E-state index is 0.588. The summed E-state index contributed by atoms with van der Waals surface area (Å²) in [6.45, 7) is 2.30. The van der Waals surface area contributed by atoms with E-state index in [0.717, 1.165) is 23.4 Å². The van der Waals surface area contributed by atoms with E-state index in [2.05, 4.69) is 22.5 Å². The molecule has 2 fully saturated rings. The largest absolute Gasteiger partial charge is 0.373 e. The molecule has 116 valence electrons. The number of anilines is 2. The molecule has 2 aliphatic carbocycles. The van der Waals surface area contributed by atoms with Gasteiger partial charge in [0.15, 0.2) is 0 Å². The van der Waals surface area contributed by atoms with Gasteiger partial charge in [0.2, 0.25) is 0 Å². The third-order valence-corrected chi connectivity index (χ3v) is 4.84. The lowest BCUT2D eigenvalue weighted by atomic mass is 9.83. The van der Waals surface area contributed by atoms with Crippen molar-refractivity contribution in [3.63, 3.8) is 0 Å². The van der Waals surface area contributed by atoms with E-state index in [4.69, 9.17) is 4.98 Å². The maximum atomic E-state index is 4.73. The fourth-order valence-electron chi connectivity index (χ4n) is 3.40. The van der Waals surface area contributed by atoms with Crippen LogP contribution in [0.5, 0.6) is 0 Å². The summed E-state index contributed by atoms with van der Waals surface area (Å²) in [6.07, 6.45) is 10.5. The second-order valence-electron chi connectivity index (χ2n) is 6.67. The van der Waals surface area contributed by atoms with Crippen molar-refractivity contribution >= 4 is 11.6 Å². The molecule has 0 bridgehead atoms. The normalized spacial score (nSPS) is 25.6. The number of nitrogens with zero attached hydrogens (tertiary/aromatic N) is 2. The molecule has 0 amide bonds. The lowest BCUT2D eigenvalue weighted by Gasteiger charge is -2.29. The van der Waals surface area contributed by atoms with Gasteiger partial charge in [0, 0.05) is 25.1 Å². The lowest BCUT2D eigenvalue weighted by Crippen LogP contribution is -2.26. The molecule has 0 unspecified atom stereocenters. The van der Waals surface area contributed by atoms with Gasteiger partial charge >= 0.3 is 0 Å². The van der Waals surface area contributed by atoms with Crippen molar-refractivity contribution in [3.05, 3.63) is 11.9 Å². The Labute approximate surface area is 128 Å². The number of aromatic nitrogens is 2. The third kappa shape index (κ3) is 3.86.